The smallest absolute Gasteiger partial charge is 0.338 e. The second kappa shape index (κ2) is 8.64. The summed E-state index contributed by atoms with van der Waals surface area (Å²) in [4.78, 5) is 26.6. The molecular formula is C21H31NO5S. The molecule has 0 spiro atoms. The van der Waals surface area contributed by atoms with Crippen LogP contribution < -0.4 is 0 Å². The molecule has 2 rings (SSSR count). The van der Waals surface area contributed by atoms with Crippen molar-refractivity contribution in [3.05, 3.63) is 35.4 Å². The normalized spacial score (nSPS) is 19.8. The Morgan fingerprint density at radius 3 is 2.29 bits per heavy atom. The van der Waals surface area contributed by atoms with E-state index in [1.165, 1.54) is 0 Å². The van der Waals surface area contributed by atoms with Crippen LogP contribution in [0.2, 0.25) is 0 Å². The second-order valence-corrected chi connectivity index (χ2v) is 10.7. The Balaban J connectivity index is 2.02. The lowest BCUT2D eigenvalue weighted by molar-refractivity contribution is -0.138. The number of rotatable bonds is 6. The SMILES string of the molecule is CC[C@@H](C)N(C(=O)COC(=O)c1ccc(C(C)(C)C)cc1)[C@H]1CCS(=O)(=O)C1. The second-order valence-electron chi connectivity index (χ2n) is 8.52. The highest BCUT2D eigenvalue weighted by molar-refractivity contribution is 7.91. The number of nitrogens with zero attached hydrogens (tertiary/aromatic N) is 1. The van der Waals surface area contributed by atoms with Gasteiger partial charge in [0.2, 0.25) is 0 Å². The minimum Gasteiger partial charge on any atom is -0.452 e. The third-order valence-electron chi connectivity index (χ3n) is 5.27. The quantitative estimate of drug-likeness (QED) is 0.675. The molecule has 0 aromatic heterocycles. The van der Waals surface area contributed by atoms with Crippen molar-refractivity contribution in [1.29, 1.82) is 0 Å². The fourth-order valence-electron chi connectivity index (χ4n) is 3.39. The lowest BCUT2D eigenvalue weighted by Crippen LogP contribution is -2.48. The molecule has 1 aliphatic heterocycles. The monoisotopic (exact) mass is 409 g/mol. The first-order valence-corrected chi connectivity index (χ1v) is 11.6. The van der Waals surface area contributed by atoms with Crippen molar-refractivity contribution in [2.24, 2.45) is 0 Å². The zero-order valence-corrected chi connectivity index (χ0v) is 18.2. The van der Waals surface area contributed by atoms with Gasteiger partial charge in [-0.15, -0.1) is 0 Å². The van der Waals surface area contributed by atoms with Crippen LogP contribution >= 0.6 is 0 Å². The molecule has 2 atom stereocenters. The van der Waals surface area contributed by atoms with Crippen LogP contribution in [0.15, 0.2) is 24.3 Å². The Kier molecular flexibility index (Phi) is 6.91. The fourth-order valence-corrected chi connectivity index (χ4v) is 5.10. The van der Waals surface area contributed by atoms with Crippen molar-refractivity contribution in [3.63, 3.8) is 0 Å². The lowest BCUT2D eigenvalue weighted by atomic mass is 9.87. The van der Waals surface area contributed by atoms with Crippen LogP contribution in [-0.2, 0) is 24.8 Å². The molecule has 0 radical (unpaired) electrons. The van der Waals surface area contributed by atoms with E-state index in [0.29, 0.717) is 18.4 Å². The molecule has 0 N–H and O–H groups in total. The molecule has 0 aliphatic carbocycles. The summed E-state index contributed by atoms with van der Waals surface area (Å²) in [5.41, 5.74) is 1.47. The molecule has 156 valence electrons. The summed E-state index contributed by atoms with van der Waals surface area (Å²) in [5.74, 6) is -0.837. The summed E-state index contributed by atoms with van der Waals surface area (Å²) in [6, 6.07) is 6.69. The van der Waals surface area contributed by atoms with E-state index in [2.05, 4.69) is 20.8 Å². The van der Waals surface area contributed by atoms with Gasteiger partial charge in [-0.25, -0.2) is 13.2 Å². The van der Waals surface area contributed by atoms with E-state index < -0.39 is 15.8 Å². The van der Waals surface area contributed by atoms with E-state index in [4.69, 9.17) is 4.74 Å². The number of carbonyl (C=O) groups excluding carboxylic acids is 2. The number of ether oxygens (including phenoxy) is 1. The van der Waals surface area contributed by atoms with E-state index in [1.807, 2.05) is 26.0 Å². The molecule has 28 heavy (non-hydrogen) atoms. The van der Waals surface area contributed by atoms with E-state index in [1.54, 1.807) is 17.0 Å². The van der Waals surface area contributed by atoms with E-state index >= 15 is 0 Å². The van der Waals surface area contributed by atoms with Crippen LogP contribution in [-0.4, -0.2) is 55.4 Å². The van der Waals surface area contributed by atoms with Crippen LogP contribution in [0.25, 0.3) is 0 Å². The molecule has 0 unspecified atom stereocenters. The molecule has 1 saturated heterocycles. The predicted molar refractivity (Wildman–Crippen MR) is 109 cm³/mol. The van der Waals surface area contributed by atoms with Gasteiger partial charge < -0.3 is 9.64 Å². The van der Waals surface area contributed by atoms with Crippen molar-refractivity contribution >= 4 is 21.7 Å². The Morgan fingerprint density at radius 1 is 1.21 bits per heavy atom. The van der Waals surface area contributed by atoms with Crippen LogP contribution in [0.4, 0.5) is 0 Å². The third kappa shape index (κ3) is 5.56. The standard InChI is InChI=1S/C21H31NO5S/c1-6-15(2)22(18-11-12-28(25,26)14-18)19(23)13-27-20(24)16-7-9-17(10-8-16)21(3,4)5/h7-10,15,18H,6,11-14H2,1-5H3/t15-,18+/m1/s1. The van der Waals surface area contributed by atoms with Gasteiger partial charge in [0, 0.05) is 12.1 Å². The average Bonchev–Trinajstić information content (AvgIpc) is 2.98. The molecule has 1 amide bonds. The van der Waals surface area contributed by atoms with Gasteiger partial charge in [0.15, 0.2) is 16.4 Å². The molecule has 1 aromatic rings. The van der Waals surface area contributed by atoms with Crippen LogP contribution in [0.1, 0.15) is 63.4 Å². The first-order chi connectivity index (χ1) is 12.9. The van der Waals surface area contributed by atoms with Crippen LogP contribution in [0.3, 0.4) is 0 Å². The maximum atomic E-state index is 12.7. The summed E-state index contributed by atoms with van der Waals surface area (Å²) < 4.78 is 28.8. The zero-order chi connectivity index (χ0) is 21.1. The van der Waals surface area contributed by atoms with Crippen molar-refractivity contribution in [3.8, 4) is 0 Å². The summed E-state index contributed by atoms with van der Waals surface area (Å²) in [7, 11) is -3.11. The molecular weight excluding hydrogens is 378 g/mol. The number of amides is 1. The number of hydrogen-bond acceptors (Lipinski definition) is 5. The molecule has 1 aliphatic rings. The number of sulfone groups is 1. The average molecular weight is 410 g/mol. The first kappa shape index (κ1) is 22.4. The Bertz CT molecular complexity index is 808. The molecule has 7 heteroatoms. The molecule has 1 fully saturated rings. The first-order valence-electron chi connectivity index (χ1n) is 9.74. The minimum atomic E-state index is -3.11. The molecule has 0 saturated carbocycles. The topological polar surface area (TPSA) is 80.8 Å². The number of benzene rings is 1. The number of hydrogen-bond donors (Lipinski definition) is 0. The van der Waals surface area contributed by atoms with Gasteiger partial charge in [0.05, 0.1) is 17.1 Å². The number of esters is 1. The zero-order valence-electron chi connectivity index (χ0n) is 17.4. The van der Waals surface area contributed by atoms with Gasteiger partial charge >= 0.3 is 5.97 Å². The summed E-state index contributed by atoms with van der Waals surface area (Å²) >= 11 is 0. The minimum absolute atomic E-state index is 0.0171. The fraction of sp³-hybridized carbons (Fsp3) is 0.619. The van der Waals surface area contributed by atoms with Gasteiger partial charge in [-0.1, -0.05) is 39.8 Å². The Morgan fingerprint density at radius 2 is 1.82 bits per heavy atom. The highest BCUT2D eigenvalue weighted by Crippen LogP contribution is 2.23. The predicted octanol–water partition coefficient (Wildman–Crippen LogP) is 2.96. The Hall–Kier alpha value is -1.89. The largest absolute Gasteiger partial charge is 0.452 e. The summed E-state index contributed by atoms with van der Waals surface area (Å²) in [6.07, 6.45) is 1.13. The van der Waals surface area contributed by atoms with Crippen LogP contribution in [0, 0.1) is 0 Å². The maximum Gasteiger partial charge on any atom is 0.338 e. The maximum absolute atomic E-state index is 12.7. The lowest BCUT2D eigenvalue weighted by Gasteiger charge is -2.33. The molecule has 1 heterocycles. The van der Waals surface area contributed by atoms with Gasteiger partial charge in [-0.05, 0) is 42.9 Å². The molecule has 0 bridgehead atoms. The van der Waals surface area contributed by atoms with Crippen molar-refractivity contribution in [2.45, 2.75) is 65.0 Å². The van der Waals surface area contributed by atoms with Gasteiger partial charge in [0.1, 0.15) is 0 Å². The van der Waals surface area contributed by atoms with E-state index in [-0.39, 0.29) is 41.5 Å². The number of carbonyl (C=O) groups is 2. The van der Waals surface area contributed by atoms with Gasteiger partial charge in [-0.2, -0.15) is 0 Å². The molecule has 6 nitrogen and oxygen atoms in total. The van der Waals surface area contributed by atoms with Crippen LogP contribution in [0.5, 0.6) is 0 Å². The van der Waals surface area contributed by atoms with Crippen molar-refractivity contribution in [1.82, 2.24) is 4.90 Å². The van der Waals surface area contributed by atoms with E-state index in [9.17, 15) is 18.0 Å². The highest BCUT2D eigenvalue weighted by Gasteiger charge is 2.36. The highest BCUT2D eigenvalue weighted by atomic mass is 32.2. The molecule has 1 aromatic carbocycles. The summed E-state index contributed by atoms with van der Waals surface area (Å²) in [6.45, 7) is 9.71. The Labute approximate surface area is 168 Å². The van der Waals surface area contributed by atoms with E-state index in [0.717, 1.165) is 5.56 Å². The van der Waals surface area contributed by atoms with Gasteiger partial charge in [-0.3, -0.25) is 4.79 Å². The van der Waals surface area contributed by atoms with Crippen molar-refractivity contribution in [2.75, 3.05) is 18.1 Å². The summed E-state index contributed by atoms with van der Waals surface area (Å²) in [5, 5.41) is 0. The third-order valence-corrected chi connectivity index (χ3v) is 7.02. The van der Waals surface area contributed by atoms with Gasteiger partial charge in [0.25, 0.3) is 5.91 Å². The van der Waals surface area contributed by atoms with Crippen molar-refractivity contribution < 1.29 is 22.7 Å².